The maximum Gasteiger partial charge on any atom is 0.491 e. The minimum atomic E-state index is -0.802. The van der Waals surface area contributed by atoms with Crippen LogP contribution in [0, 0.1) is 0 Å². The molecule has 0 bridgehead atoms. The maximum absolute atomic E-state index is 9.41. The molecule has 0 saturated carbocycles. The van der Waals surface area contributed by atoms with Crippen molar-refractivity contribution in [3.05, 3.63) is 30.3 Å². The molecule has 4 heteroatoms. The van der Waals surface area contributed by atoms with Crippen molar-refractivity contribution in [2.45, 2.75) is 0 Å². The molecule has 64 valence electrons. The van der Waals surface area contributed by atoms with Gasteiger partial charge in [-0.1, -0.05) is 46.3 Å². The maximum atomic E-state index is 9.41. The first-order chi connectivity index (χ1) is 5.84. The van der Waals surface area contributed by atoms with E-state index >= 15 is 0 Å². The van der Waals surface area contributed by atoms with Crippen LogP contribution in [-0.2, 0) is 4.65 Å². The van der Waals surface area contributed by atoms with Gasteiger partial charge in [-0.15, -0.1) is 0 Å². The number of hydrogen-bond acceptors (Lipinski definition) is 2. The summed E-state index contributed by atoms with van der Waals surface area (Å²) < 4.78 is 5.09. The van der Waals surface area contributed by atoms with Gasteiger partial charge in [0.1, 0.15) is 0 Å². The van der Waals surface area contributed by atoms with Gasteiger partial charge in [0.2, 0.25) is 0 Å². The van der Waals surface area contributed by atoms with E-state index in [0.29, 0.717) is 6.61 Å². The van der Waals surface area contributed by atoms with Gasteiger partial charge in [-0.25, -0.2) is 0 Å². The number of hydrogen-bond donors (Lipinski definition) is 1. The normalized spacial score (nSPS) is 9.83. The predicted molar refractivity (Wildman–Crippen MR) is 53.8 cm³/mol. The molecular weight excluding hydrogens is 219 g/mol. The number of rotatable bonds is 4. The molecule has 0 aliphatic carbocycles. The van der Waals surface area contributed by atoms with E-state index in [-0.39, 0.29) is 0 Å². The first-order valence-corrected chi connectivity index (χ1v) is 4.87. The van der Waals surface area contributed by atoms with Crippen molar-refractivity contribution in [1.29, 1.82) is 0 Å². The van der Waals surface area contributed by atoms with Crippen LogP contribution < -0.4 is 5.46 Å². The van der Waals surface area contributed by atoms with Gasteiger partial charge in [0.25, 0.3) is 0 Å². The van der Waals surface area contributed by atoms with Crippen LogP contribution in [0.15, 0.2) is 30.3 Å². The van der Waals surface area contributed by atoms with Gasteiger partial charge < -0.3 is 9.68 Å². The highest BCUT2D eigenvalue weighted by atomic mass is 79.9. The van der Waals surface area contributed by atoms with Crippen LogP contribution in [0.2, 0.25) is 0 Å². The van der Waals surface area contributed by atoms with E-state index < -0.39 is 7.12 Å². The smallest absolute Gasteiger partial charge is 0.423 e. The van der Waals surface area contributed by atoms with Gasteiger partial charge in [0.05, 0.1) is 0 Å². The second-order valence-electron chi connectivity index (χ2n) is 2.32. The van der Waals surface area contributed by atoms with Crippen molar-refractivity contribution >= 4 is 28.5 Å². The van der Waals surface area contributed by atoms with Crippen molar-refractivity contribution in [2.24, 2.45) is 0 Å². The fourth-order valence-corrected chi connectivity index (χ4v) is 1.06. The van der Waals surface area contributed by atoms with Gasteiger partial charge in [0.15, 0.2) is 0 Å². The zero-order valence-electron chi connectivity index (χ0n) is 6.61. The molecule has 0 unspecified atom stereocenters. The lowest BCUT2D eigenvalue weighted by molar-refractivity contribution is 0.291. The van der Waals surface area contributed by atoms with Crippen molar-refractivity contribution in [3.63, 3.8) is 0 Å². The molecule has 1 aromatic rings. The summed E-state index contributed by atoms with van der Waals surface area (Å²) in [6, 6.07) is 9.31. The Morgan fingerprint density at radius 1 is 1.33 bits per heavy atom. The molecule has 1 aromatic carbocycles. The molecule has 0 spiro atoms. The van der Waals surface area contributed by atoms with Crippen LogP contribution in [0.1, 0.15) is 0 Å². The lowest BCUT2D eigenvalue weighted by Gasteiger charge is -2.05. The first-order valence-electron chi connectivity index (χ1n) is 3.75. The van der Waals surface area contributed by atoms with Crippen LogP contribution in [0.3, 0.4) is 0 Å². The third-order valence-corrected chi connectivity index (χ3v) is 1.76. The first kappa shape index (κ1) is 9.77. The number of alkyl halides is 1. The SMILES string of the molecule is OB(OCCBr)c1ccccc1. The van der Waals surface area contributed by atoms with Gasteiger partial charge in [0, 0.05) is 11.9 Å². The van der Waals surface area contributed by atoms with E-state index in [9.17, 15) is 5.02 Å². The largest absolute Gasteiger partial charge is 0.491 e. The zero-order valence-corrected chi connectivity index (χ0v) is 8.20. The average Bonchev–Trinajstić information content (AvgIpc) is 2.15. The Labute approximate surface area is 80.8 Å². The van der Waals surface area contributed by atoms with E-state index in [0.717, 1.165) is 10.8 Å². The molecule has 0 radical (unpaired) electrons. The highest BCUT2D eigenvalue weighted by molar-refractivity contribution is 9.09. The van der Waals surface area contributed by atoms with Crippen molar-refractivity contribution in [2.75, 3.05) is 11.9 Å². The molecule has 0 aliphatic rings. The summed E-state index contributed by atoms with van der Waals surface area (Å²) in [5, 5.41) is 10.1. The summed E-state index contributed by atoms with van der Waals surface area (Å²) in [5.41, 5.74) is 0.790. The highest BCUT2D eigenvalue weighted by Crippen LogP contribution is 1.89. The van der Waals surface area contributed by atoms with Gasteiger partial charge in [-0.3, -0.25) is 0 Å². The molecule has 1 N–H and O–H groups in total. The Bertz CT molecular complexity index is 218. The van der Waals surface area contributed by atoms with Gasteiger partial charge in [-0.2, -0.15) is 0 Å². The topological polar surface area (TPSA) is 29.5 Å². The fourth-order valence-electron chi connectivity index (χ4n) is 0.870. The molecular formula is C8H10BBrO2. The van der Waals surface area contributed by atoms with Crippen molar-refractivity contribution < 1.29 is 9.68 Å². The van der Waals surface area contributed by atoms with Gasteiger partial charge >= 0.3 is 7.12 Å². The zero-order chi connectivity index (χ0) is 8.81. The van der Waals surface area contributed by atoms with Crippen LogP contribution in [0.25, 0.3) is 0 Å². The molecule has 0 saturated heterocycles. The molecule has 0 amide bonds. The number of benzene rings is 1. The van der Waals surface area contributed by atoms with E-state index in [4.69, 9.17) is 4.65 Å². The summed E-state index contributed by atoms with van der Waals surface area (Å²) in [6.07, 6.45) is 0. The molecule has 0 atom stereocenters. The monoisotopic (exact) mass is 228 g/mol. The summed E-state index contributed by atoms with van der Waals surface area (Å²) in [6.45, 7) is 0.510. The Morgan fingerprint density at radius 2 is 2.00 bits per heavy atom. The second-order valence-corrected chi connectivity index (χ2v) is 3.12. The summed E-state index contributed by atoms with van der Waals surface area (Å²) in [7, 11) is -0.802. The van der Waals surface area contributed by atoms with Crippen LogP contribution in [0.4, 0.5) is 0 Å². The molecule has 0 fully saturated rings. The van der Waals surface area contributed by atoms with E-state index in [1.54, 1.807) is 0 Å². The Balaban J connectivity index is 2.48. The van der Waals surface area contributed by atoms with Crippen LogP contribution >= 0.6 is 15.9 Å². The number of halogens is 1. The standard InChI is InChI=1S/C8H10BBrO2/c10-6-7-12-9(11)8-4-2-1-3-5-8/h1-5,11H,6-7H2. The van der Waals surface area contributed by atoms with E-state index in [2.05, 4.69) is 15.9 Å². The Kier molecular flexibility index (Phi) is 4.36. The summed E-state index contributed by atoms with van der Waals surface area (Å²) >= 11 is 3.21. The fraction of sp³-hybridized carbons (Fsp3) is 0.250. The van der Waals surface area contributed by atoms with E-state index in [1.807, 2.05) is 30.3 Å². The summed E-state index contributed by atoms with van der Waals surface area (Å²) in [5.74, 6) is 0. The third-order valence-electron chi connectivity index (χ3n) is 1.44. The highest BCUT2D eigenvalue weighted by Gasteiger charge is 2.14. The minimum absolute atomic E-state index is 0.510. The average molecular weight is 229 g/mol. The minimum Gasteiger partial charge on any atom is -0.423 e. The second kappa shape index (κ2) is 5.35. The third kappa shape index (κ3) is 2.97. The lowest BCUT2D eigenvalue weighted by atomic mass is 9.80. The van der Waals surface area contributed by atoms with Crippen LogP contribution in [-0.4, -0.2) is 24.1 Å². The molecule has 12 heavy (non-hydrogen) atoms. The molecule has 2 nitrogen and oxygen atoms in total. The molecule has 0 heterocycles. The quantitative estimate of drug-likeness (QED) is 0.610. The van der Waals surface area contributed by atoms with Crippen molar-refractivity contribution in [1.82, 2.24) is 0 Å². The summed E-state index contributed by atoms with van der Waals surface area (Å²) in [4.78, 5) is 0. The lowest BCUT2D eigenvalue weighted by Crippen LogP contribution is -2.33. The van der Waals surface area contributed by atoms with E-state index in [1.165, 1.54) is 0 Å². The van der Waals surface area contributed by atoms with Crippen molar-refractivity contribution in [3.8, 4) is 0 Å². The molecule has 0 aromatic heterocycles. The molecule has 0 aliphatic heterocycles. The Hall–Kier alpha value is -0.315. The molecule has 1 rings (SSSR count). The van der Waals surface area contributed by atoms with Gasteiger partial charge in [-0.05, 0) is 5.46 Å². The Morgan fingerprint density at radius 3 is 2.58 bits per heavy atom. The van der Waals surface area contributed by atoms with Crippen LogP contribution in [0.5, 0.6) is 0 Å². The predicted octanol–water partition coefficient (Wildman–Crippen LogP) is 0.786.